The Morgan fingerprint density at radius 2 is 1.79 bits per heavy atom. The SMILES string of the molecule is CC[C@H](NC(=O)[C@@H](C)Oc1ccc(F)cc1)c1ccc(C)c(C)c1. The Hall–Kier alpha value is -2.36. The number of nitrogens with one attached hydrogen (secondary N) is 1. The van der Waals surface area contributed by atoms with Crippen LogP contribution in [0.4, 0.5) is 4.39 Å². The van der Waals surface area contributed by atoms with Gasteiger partial charge in [0.05, 0.1) is 6.04 Å². The summed E-state index contributed by atoms with van der Waals surface area (Å²) in [5, 5.41) is 3.02. The molecule has 0 aliphatic heterocycles. The van der Waals surface area contributed by atoms with Crippen LogP contribution in [0.25, 0.3) is 0 Å². The molecule has 2 rings (SSSR count). The number of amides is 1. The molecule has 0 fully saturated rings. The average Bonchev–Trinajstić information content (AvgIpc) is 2.57. The Bertz CT molecular complexity index is 697. The van der Waals surface area contributed by atoms with Crippen LogP contribution in [-0.4, -0.2) is 12.0 Å². The number of carbonyl (C=O) groups is 1. The largest absolute Gasteiger partial charge is 0.481 e. The second kappa shape index (κ2) is 7.95. The Kier molecular flexibility index (Phi) is 5.96. The van der Waals surface area contributed by atoms with Gasteiger partial charge in [0.1, 0.15) is 11.6 Å². The maximum atomic E-state index is 12.9. The number of ether oxygens (including phenoxy) is 1. The fourth-order valence-corrected chi connectivity index (χ4v) is 2.46. The first kappa shape index (κ1) is 18.0. The molecule has 1 N–H and O–H groups in total. The maximum Gasteiger partial charge on any atom is 0.261 e. The van der Waals surface area contributed by atoms with E-state index in [1.165, 1.54) is 35.4 Å². The molecule has 0 bridgehead atoms. The zero-order chi connectivity index (χ0) is 17.7. The summed E-state index contributed by atoms with van der Waals surface area (Å²) < 4.78 is 18.5. The molecular formula is C20H24FNO2. The highest BCUT2D eigenvalue weighted by Crippen LogP contribution is 2.20. The lowest BCUT2D eigenvalue weighted by atomic mass is 9.99. The second-order valence-electron chi connectivity index (χ2n) is 6.03. The van der Waals surface area contributed by atoms with Crippen molar-refractivity contribution in [3.05, 3.63) is 65.0 Å². The molecule has 0 spiro atoms. The molecule has 128 valence electrons. The van der Waals surface area contributed by atoms with E-state index in [1.807, 2.05) is 13.0 Å². The van der Waals surface area contributed by atoms with Gasteiger partial charge in [-0.3, -0.25) is 4.79 Å². The van der Waals surface area contributed by atoms with E-state index < -0.39 is 6.10 Å². The number of hydrogen-bond donors (Lipinski definition) is 1. The van der Waals surface area contributed by atoms with E-state index >= 15 is 0 Å². The van der Waals surface area contributed by atoms with Crippen molar-refractivity contribution >= 4 is 5.91 Å². The number of halogens is 1. The van der Waals surface area contributed by atoms with Crippen molar-refractivity contribution in [3.8, 4) is 5.75 Å². The third-order valence-corrected chi connectivity index (χ3v) is 4.15. The number of rotatable bonds is 6. The first-order valence-corrected chi connectivity index (χ1v) is 8.20. The van der Waals surface area contributed by atoms with Gasteiger partial charge in [-0.15, -0.1) is 0 Å². The van der Waals surface area contributed by atoms with Crippen LogP contribution in [0.3, 0.4) is 0 Å². The molecule has 0 radical (unpaired) electrons. The molecule has 0 heterocycles. The van der Waals surface area contributed by atoms with Crippen molar-refractivity contribution in [1.29, 1.82) is 0 Å². The summed E-state index contributed by atoms with van der Waals surface area (Å²) in [7, 11) is 0. The lowest BCUT2D eigenvalue weighted by Crippen LogP contribution is -2.38. The molecule has 2 atom stereocenters. The van der Waals surface area contributed by atoms with Crippen LogP contribution < -0.4 is 10.1 Å². The molecular weight excluding hydrogens is 305 g/mol. The molecule has 0 aliphatic carbocycles. The number of benzene rings is 2. The molecule has 24 heavy (non-hydrogen) atoms. The summed E-state index contributed by atoms with van der Waals surface area (Å²) in [5.41, 5.74) is 3.52. The van der Waals surface area contributed by atoms with Crippen LogP contribution in [0.1, 0.15) is 43.0 Å². The first-order chi connectivity index (χ1) is 11.4. The standard InChI is InChI=1S/C20H24FNO2/c1-5-19(16-7-6-13(2)14(3)12-16)22-20(23)15(4)24-18-10-8-17(21)9-11-18/h6-12,15,19H,5H2,1-4H3,(H,22,23)/t15-,19+/m1/s1. The number of hydrogen-bond acceptors (Lipinski definition) is 2. The quantitative estimate of drug-likeness (QED) is 0.849. The molecule has 3 nitrogen and oxygen atoms in total. The molecule has 2 aromatic carbocycles. The second-order valence-corrected chi connectivity index (χ2v) is 6.03. The predicted molar refractivity (Wildman–Crippen MR) is 93.6 cm³/mol. The Labute approximate surface area is 142 Å². The van der Waals surface area contributed by atoms with Crippen LogP contribution in [0.2, 0.25) is 0 Å². The monoisotopic (exact) mass is 329 g/mol. The van der Waals surface area contributed by atoms with Gasteiger partial charge >= 0.3 is 0 Å². The zero-order valence-electron chi connectivity index (χ0n) is 14.6. The Morgan fingerprint density at radius 1 is 1.12 bits per heavy atom. The van der Waals surface area contributed by atoms with E-state index in [0.717, 1.165) is 12.0 Å². The highest BCUT2D eigenvalue weighted by molar-refractivity contribution is 5.81. The molecule has 0 unspecified atom stereocenters. The predicted octanol–water partition coefficient (Wildman–Crippen LogP) is 4.48. The molecule has 4 heteroatoms. The van der Waals surface area contributed by atoms with Gasteiger partial charge in [0.2, 0.25) is 0 Å². The van der Waals surface area contributed by atoms with Gasteiger partial charge in [0.25, 0.3) is 5.91 Å². The first-order valence-electron chi connectivity index (χ1n) is 8.20. The Balaban J connectivity index is 2.02. The van der Waals surface area contributed by atoms with E-state index in [-0.39, 0.29) is 17.8 Å². The minimum Gasteiger partial charge on any atom is -0.481 e. The van der Waals surface area contributed by atoms with Gasteiger partial charge in [0, 0.05) is 0 Å². The van der Waals surface area contributed by atoms with Crippen LogP contribution in [0.15, 0.2) is 42.5 Å². The normalized spacial score (nSPS) is 13.2. The summed E-state index contributed by atoms with van der Waals surface area (Å²) in [6, 6.07) is 11.8. The van der Waals surface area contributed by atoms with Crippen LogP contribution in [0.5, 0.6) is 5.75 Å². The lowest BCUT2D eigenvalue weighted by Gasteiger charge is -2.21. The fraction of sp³-hybridized carbons (Fsp3) is 0.350. The van der Waals surface area contributed by atoms with Gasteiger partial charge in [-0.05, 0) is 68.1 Å². The van der Waals surface area contributed by atoms with Crippen molar-refractivity contribution in [3.63, 3.8) is 0 Å². The third kappa shape index (κ3) is 4.57. The Morgan fingerprint density at radius 3 is 2.38 bits per heavy atom. The minimum absolute atomic E-state index is 0.0592. The van der Waals surface area contributed by atoms with E-state index in [0.29, 0.717) is 5.75 Å². The molecule has 1 amide bonds. The maximum absolute atomic E-state index is 12.9. The average molecular weight is 329 g/mol. The molecule has 0 saturated heterocycles. The fourth-order valence-electron chi connectivity index (χ4n) is 2.46. The summed E-state index contributed by atoms with van der Waals surface area (Å²) in [4.78, 5) is 12.4. The highest BCUT2D eigenvalue weighted by Gasteiger charge is 2.19. The lowest BCUT2D eigenvalue weighted by molar-refractivity contribution is -0.128. The van der Waals surface area contributed by atoms with Crippen LogP contribution in [0, 0.1) is 19.7 Å². The van der Waals surface area contributed by atoms with E-state index in [2.05, 4.69) is 31.3 Å². The van der Waals surface area contributed by atoms with Gasteiger partial charge in [-0.1, -0.05) is 25.1 Å². The number of carbonyl (C=O) groups excluding carboxylic acids is 1. The van der Waals surface area contributed by atoms with Gasteiger partial charge in [-0.25, -0.2) is 4.39 Å². The van der Waals surface area contributed by atoms with Crippen molar-refractivity contribution in [2.45, 2.75) is 46.3 Å². The van der Waals surface area contributed by atoms with Crippen molar-refractivity contribution < 1.29 is 13.9 Å². The van der Waals surface area contributed by atoms with E-state index in [9.17, 15) is 9.18 Å². The van der Waals surface area contributed by atoms with Crippen molar-refractivity contribution in [2.24, 2.45) is 0 Å². The number of aryl methyl sites for hydroxylation is 2. The van der Waals surface area contributed by atoms with E-state index in [1.54, 1.807) is 6.92 Å². The molecule has 0 aromatic heterocycles. The summed E-state index contributed by atoms with van der Waals surface area (Å²) in [6.07, 6.45) is 0.133. The van der Waals surface area contributed by atoms with E-state index in [4.69, 9.17) is 4.74 Å². The van der Waals surface area contributed by atoms with Gasteiger partial charge in [0.15, 0.2) is 6.10 Å². The van der Waals surface area contributed by atoms with Crippen LogP contribution in [-0.2, 0) is 4.79 Å². The van der Waals surface area contributed by atoms with Crippen LogP contribution >= 0.6 is 0 Å². The third-order valence-electron chi connectivity index (χ3n) is 4.15. The topological polar surface area (TPSA) is 38.3 Å². The summed E-state index contributed by atoms with van der Waals surface area (Å²) in [5.74, 6) is -0.0528. The molecule has 0 saturated carbocycles. The van der Waals surface area contributed by atoms with Crippen molar-refractivity contribution in [2.75, 3.05) is 0 Å². The highest BCUT2D eigenvalue weighted by atomic mass is 19.1. The zero-order valence-corrected chi connectivity index (χ0v) is 14.6. The summed E-state index contributed by atoms with van der Waals surface area (Å²) in [6.45, 7) is 7.85. The molecule has 2 aromatic rings. The van der Waals surface area contributed by atoms with Gasteiger partial charge < -0.3 is 10.1 Å². The summed E-state index contributed by atoms with van der Waals surface area (Å²) >= 11 is 0. The van der Waals surface area contributed by atoms with Crippen molar-refractivity contribution in [1.82, 2.24) is 5.32 Å². The smallest absolute Gasteiger partial charge is 0.261 e. The molecule has 0 aliphatic rings. The minimum atomic E-state index is -0.656. The van der Waals surface area contributed by atoms with Gasteiger partial charge in [-0.2, -0.15) is 0 Å².